The van der Waals surface area contributed by atoms with Crippen molar-refractivity contribution in [2.24, 2.45) is 11.7 Å². The molecule has 0 heterocycles. The third-order valence-electron chi connectivity index (χ3n) is 2.79. The second-order valence-corrected chi connectivity index (χ2v) is 6.11. The van der Waals surface area contributed by atoms with Gasteiger partial charge in [0, 0.05) is 6.42 Å². The first-order chi connectivity index (χ1) is 10.7. The zero-order valence-electron chi connectivity index (χ0n) is 15.0. The molecule has 0 bridgehead atoms. The van der Waals surface area contributed by atoms with Crippen LogP contribution in [-0.2, 0) is 20.7 Å². The summed E-state index contributed by atoms with van der Waals surface area (Å²) in [6, 6.07) is 7.20. The summed E-state index contributed by atoms with van der Waals surface area (Å²) in [5, 5.41) is 0. The molecule has 5 nitrogen and oxygen atoms in total. The monoisotopic (exact) mass is 323 g/mol. The molecule has 0 amide bonds. The van der Waals surface area contributed by atoms with Crippen LogP contribution in [0.2, 0.25) is 0 Å². The predicted octanol–water partition coefficient (Wildman–Crippen LogP) is 3.10. The quantitative estimate of drug-likeness (QED) is 0.665. The Labute approximate surface area is 139 Å². The average molecular weight is 323 g/mol. The highest BCUT2D eigenvalue weighted by Crippen LogP contribution is 2.18. The number of benzene rings is 1. The third kappa shape index (κ3) is 8.98. The summed E-state index contributed by atoms with van der Waals surface area (Å²) < 4.78 is 10.5. The summed E-state index contributed by atoms with van der Waals surface area (Å²) in [7, 11) is 1.50. The average Bonchev–Trinajstić information content (AvgIpc) is 2.49. The Morgan fingerprint density at radius 3 is 2.09 bits per heavy atom. The first kappa shape index (κ1) is 21.1. The first-order valence-electron chi connectivity index (χ1n) is 7.81. The minimum absolute atomic E-state index is 0.205. The summed E-state index contributed by atoms with van der Waals surface area (Å²) in [5.74, 6) is -0.155. The van der Waals surface area contributed by atoms with Gasteiger partial charge in [-0.1, -0.05) is 26.0 Å². The highest BCUT2D eigenvalue weighted by molar-refractivity contribution is 5.73. The molecule has 23 heavy (non-hydrogen) atoms. The van der Waals surface area contributed by atoms with Crippen molar-refractivity contribution in [3.05, 3.63) is 29.8 Å². The highest BCUT2D eigenvalue weighted by atomic mass is 16.6. The van der Waals surface area contributed by atoms with Crippen LogP contribution < -0.4 is 10.5 Å². The SMILES string of the molecule is CCC(=O)Oc1ccc(CC(C)C(=O)OC(C)(C)C)cc1.CN. The first-order valence-corrected chi connectivity index (χ1v) is 7.81. The summed E-state index contributed by atoms with van der Waals surface area (Å²) in [4.78, 5) is 23.1. The molecule has 1 atom stereocenters. The molecule has 1 unspecified atom stereocenters. The van der Waals surface area contributed by atoms with Gasteiger partial charge in [0.05, 0.1) is 5.92 Å². The van der Waals surface area contributed by atoms with E-state index in [0.717, 1.165) is 5.56 Å². The largest absolute Gasteiger partial charge is 0.460 e. The van der Waals surface area contributed by atoms with Gasteiger partial charge in [-0.2, -0.15) is 0 Å². The molecule has 0 saturated heterocycles. The Morgan fingerprint density at radius 2 is 1.65 bits per heavy atom. The number of nitrogens with two attached hydrogens (primary N) is 1. The number of hydrogen-bond acceptors (Lipinski definition) is 5. The van der Waals surface area contributed by atoms with Crippen molar-refractivity contribution in [2.45, 2.75) is 53.1 Å². The summed E-state index contributed by atoms with van der Waals surface area (Å²) >= 11 is 0. The zero-order chi connectivity index (χ0) is 18.0. The van der Waals surface area contributed by atoms with E-state index in [9.17, 15) is 9.59 Å². The summed E-state index contributed by atoms with van der Waals surface area (Å²) in [6.07, 6.45) is 0.939. The van der Waals surface area contributed by atoms with Crippen molar-refractivity contribution in [3.8, 4) is 5.75 Å². The van der Waals surface area contributed by atoms with Crippen LogP contribution in [0.3, 0.4) is 0 Å². The molecule has 0 aliphatic heterocycles. The molecule has 1 aromatic carbocycles. The normalized spacial score (nSPS) is 11.8. The lowest BCUT2D eigenvalue weighted by Crippen LogP contribution is -2.28. The van der Waals surface area contributed by atoms with E-state index in [-0.39, 0.29) is 17.9 Å². The highest BCUT2D eigenvalue weighted by Gasteiger charge is 2.21. The Kier molecular flexibility index (Phi) is 9.18. The number of carbonyl (C=O) groups excluding carboxylic acids is 2. The van der Waals surface area contributed by atoms with Crippen molar-refractivity contribution < 1.29 is 19.1 Å². The molecule has 0 aromatic heterocycles. The van der Waals surface area contributed by atoms with Gasteiger partial charge in [0.25, 0.3) is 0 Å². The van der Waals surface area contributed by atoms with E-state index in [1.54, 1.807) is 19.1 Å². The lowest BCUT2D eigenvalue weighted by molar-refractivity contribution is -0.159. The fourth-order valence-electron chi connectivity index (χ4n) is 1.74. The van der Waals surface area contributed by atoms with Crippen LogP contribution in [0.25, 0.3) is 0 Å². The number of hydrogen-bond donors (Lipinski definition) is 1. The molecule has 0 radical (unpaired) electrons. The van der Waals surface area contributed by atoms with Crippen molar-refractivity contribution >= 4 is 11.9 Å². The van der Waals surface area contributed by atoms with Gasteiger partial charge in [-0.15, -0.1) is 0 Å². The van der Waals surface area contributed by atoms with E-state index in [1.807, 2.05) is 39.8 Å². The molecular formula is C18H29NO4. The van der Waals surface area contributed by atoms with Gasteiger partial charge in [-0.05, 0) is 51.9 Å². The second kappa shape index (κ2) is 10.0. The molecule has 1 rings (SSSR count). The topological polar surface area (TPSA) is 78.6 Å². The number of rotatable bonds is 5. The van der Waals surface area contributed by atoms with Gasteiger partial charge >= 0.3 is 11.9 Å². The van der Waals surface area contributed by atoms with E-state index < -0.39 is 5.60 Å². The van der Waals surface area contributed by atoms with E-state index in [1.165, 1.54) is 7.05 Å². The number of esters is 2. The molecule has 1 aromatic rings. The standard InChI is InChI=1S/C17H24O4.CH5N/c1-6-15(18)20-14-9-7-13(8-10-14)11-12(2)16(19)21-17(3,4)5;1-2/h7-10,12H,6,11H2,1-5H3;2H2,1H3. The van der Waals surface area contributed by atoms with Crippen molar-refractivity contribution in [1.82, 2.24) is 0 Å². The maximum atomic E-state index is 11.9. The van der Waals surface area contributed by atoms with Gasteiger partial charge in [-0.25, -0.2) is 0 Å². The zero-order valence-corrected chi connectivity index (χ0v) is 15.0. The lowest BCUT2D eigenvalue weighted by Gasteiger charge is -2.22. The van der Waals surface area contributed by atoms with Crippen molar-refractivity contribution in [2.75, 3.05) is 7.05 Å². The Hall–Kier alpha value is -1.88. The molecular weight excluding hydrogens is 294 g/mol. The van der Waals surface area contributed by atoms with Crippen LogP contribution in [-0.4, -0.2) is 24.6 Å². The summed E-state index contributed by atoms with van der Waals surface area (Å²) in [6.45, 7) is 9.16. The van der Waals surface area contributed by atoms with E-state index in [2.05, 4.69) is 5.73 Å². The Bertz CT molecular complexity index is 489. The van der Waals surface area contributed by atoms with Gasteiger partial charge in [-0.3, -0.25) is 9.59 Å². The van der Waals surface area contributed by atoms with E-state index in [4.69, 9.17) is 9.47 Å². The van der Waals surface area contributed by atoms with E-state index in [0.29, 0.717) is 18.6 Å². The van der Waals surface area contributed by atoms with Gasteiger partial charge in [0.2, 0.25) is 0 Å². The predicted molar refractivity (Wildman–Crippen MR) is 91.2 cm³/mol. The summed E-state index contributed by atoms with van der Waals surface area (Å²) in [5.41, 5.74) is 5.04. The number of carbonyl (C=O) groups is 2. The lowest BCUT2D eigenvalue weighted by atomic mass is 10.0. The third-order valence-corrected chi connectivity index (χ3v) is 2.79. The minimum Gasteiger partial charge on any atom is -0.460 e. The van der Waals surface area contributed by atoms with Crippen LogP contribution in [0.4, 0.5) is 0 Å². The van der Waals surface area contributed by atoms with E-state index >= 15 is 0 Å². The Morgan fingerprint density at radius 1 is 1.13 bits per heavy atom. The maximum Gasteiger partial charge on any atom is 0.310 e. The van der Waals surface area contributed by atoms with Crippen LogP contribution in [0, 0.1) is 5.92 Å². The molecule has 0 aliphatic carbocycles. The van der Waals surface area contributed by atoms with Crippen molar-refractivity contribution in [1.29, 1.82) is 0 Å². The number of ether oxygens (including phenoxy) is 2. The fourth-order valence-corrected chi connectivity index (χ4v) is 1.74. The maximum absolute atomic E-state index is 11.9. The molecule has 0 aliphatic rings. The van der Waals surface area contributed by atoms with Crippen LogP contribution in [0.5, 0.6) is 5.75 Å². The fraction of sp³-hybridized carbons (Fsp3) is 0.556. The van der Waals surface area contributed by atoms with Crippen LogP contribution in [0.1, 0.15) is 46.6 Å². The van der Waals surface area contributed by atoms with Crippen molar-refractivity contribution in [3.63, 3.8) is 0 Å². The molecule has 0 fully saturated rings. The molecule has 130 valence electrons. The van der Waals surface area contributed by atoms with Crippen LogP contribution >= 0.6 is 0 Å². The van der Waals surface area contributed by atoms with Crippen LogP contribution in [0.15, 0.2) is 24.3 Å². The molecule has 5 heteroatoms. The van der Waals surface area contributed by atoms with Gasteiger partial charge < -0.3 is 15.2 Å². The molecule has 0 spiro atoms. The smallest absolute Gasteiger partial charge is 0.310 e. The van der Waals surface area contributed by atoms with Gasteiger partial charge in [0.1, 0.15) is 11.4 Å². The Balaban J connectivity index is 0.00000232. The minimum atomic E-state index is -0.469. The molecule has 2 N–H and O–H groups in total. The van der Waals surface area contributed by atoms with Gasteiger partial charge in [0.15, 0.2) is 0 Å². The second-order valence-electron chi connectivity index (χ2n) is 6.11. The molecule has 0 saturated carbocycles.